The molecule has 1 aromatic carbocycles. The van der Waals surface area contributed by atoms with E-state index in [0.717, 1.165) is 10.6 Å². The molecule has 0 atom stereocenters. The molecule has 0 aliphatic carbocycles. The van der Waals surface area contributed by atoms with Crippen LogP contribution in [0.25, 0.3) is 0 Å². The van der Waals surface area contributed by atoms with Crippen LogP contribution in [-0.2, 0) is 17.8 Å². The van der Waals surface area contributed by atoms with Crippen LogP contribution in [0.1, 0.15) is 20.9 Å². The van der Waals surface area contributed by atoms with Gasteiger partial charge in [0.1, 0.15) is 11.5 Å². The number of carbonyl (C=O) groups excluding carboxylic acids is 2. The first kappa shape index (κ1) is 19.4. The number of hydrogen-bond acceptors (Lipinski definition) is 7. The van der Waals surface area contributed by atoms with E-state index in [4.69, 9.17) is 9.47 Å². The van der Waals surface area contributed by atoms with Crippen LogP contribution in [0.5, 0.6) is 11.5 Å². The molecule has 4 rings (SSSR count). The van der Waals surface area contributed by atoms with Crippen molar-refractivity contribution in [1.82, 2.24) is 9.88 Å². The van der Waals surface area contributed by atoms with Gasteiger partial charge in [0, 0.05) is 29.3 Å². The Morgan fingerprint density at radius 2 is 2.14 bits per heavy atom. The van der Waals surface area contributed by atoms with Gasteiger partial charge in [0.05, 0.1) is 24.9 Å². The van der Waals surface area contributed by atoms with Crippen LogP contribution in [0, 0.1) is 0 Å². The van der Waals surface area contributed by atoms with E-state index in [1.54, 1.807) is 35.6 Å². The van der Waals surface area contributed by atoms with Crippen molar-refractivity contribution >= 4 is 39.6 Å². The van der Waals surface area contributed by atoms with Gasteiger partial charge in [-0.2, -0.15) is 11.3 Å². The Morgan fingerprint density at radius 3 is 2.93 bits per heavy atom. The maximum absolute atomic E-state index is 12.6. The molecule has 2 aromatic heterocycles. The third kappa shape index (κ3) is 4.57. The normalized spacial score (nSPS) is 12.9. The van der Waals surface area contributed by atoms with Crippen molar-refractivity contribution in [2.45, 2.75) is 13.0 Å². The van der Waals surface area contributed by atoms with Gasteiger partial charge in [-0.3, -0.25) is 14.9 Å². The maximum atomic E-state index is 12.6. The van der Waals surface area contributed by atoms with Gasteiger partial charge >= 0.3 is 0 Å². The van der Waals surface area contributed by atoms with E-state index in [9.17, 15) is 9.59 Å². The summed E-state index contributed by atoms with van der Waals surface area (Å²) in [5.41, 5.74) is 1.56. The number of rotatable bonds is 6. The van der Waals surface area contributed by atoms with Gasteiger partial charge in [0.25, 0.3) is 11.8 Å². The summed E-state index contributed by atoms with van der Waals surface area (Å²) in [4.78, 5) is 32.0. The van der Waals surface area contributed by atoms with E-state index in [-0.39, 0.29) is 18.4 Å². The Hall–Kier alpha value is -2.91. The minimum atomic E-state index is -0.169. The van der Waals surface area contributed by atoms with E-state index in [1.807, 2.05) is 17.5 Å². The number of thiazole rings is 1. The van der Waals surface area contributed by atoms with E-state index >= 15 is 0 Å². The fourth-order valence-corrected chi connectivity index (χ4v) is 4.61. The molecule has 150 valence electrons. The van der Waals surface area contributed by atoms with Gasteiger partial charge in [-0.1, -0.05) is 17.4 Å². The van der Waals surface area contributed by atoms with Gasteiger partial charge in [0.2, 0.25) is 0 Å². The molecule has 1 aliphatic rings. The van der Waals surface area contributed by atoms with Crippen LogP contribution >= 0.6 is 22.7 Å². The molecule has 0 saturated heterocycles. The molecular weight excluding hydrogens is 410 g/mol. The number of ether oxygens (including phenoxy) is 2. The van der Waals surface area contributed by atoms with Crippen molar-refractivity contribution < 1.29 is 19.1 Å². The zero-order valence-corrected chi connectivity index (χ0v) is 17.3. The molecule has 7 nitrogen and oxygen atoms in total. The maximum Gasteiger partial charge on any atom is 0.260 e. The van der Waals surface area contributed by atoms with Crippen LogP contribution in [0.2, 0.25) is 0 Å². The largest absolute Gasteiger partial charge is 0.497 e. The molecule has 0 spiro atoms. The van der Waals surface area contributed by atoms with Crippen LogP contribution < -0.4 is 14.8 Å². The second-order valence-electron chi connectivity index (χ2n) is 6.39. The molecule has 0 bridgehead atoms. The van der Waals surface area contributed by atoms with Crippen molar-refractivity contribution in [3.05, 3.63) is 57.2 Å². The highest BCUT2D eigenvalue weighted by molar-refractivity contribution is 7.16. The van der Waals surface area contributed by atoms with E-state index in [2.05, 4.69) is 10.3 Å². The molecule has 3 heterocycles. The summed E-state index contributed by atoms with van der Waals surface area (Å²) < 4.78 is 10.8. The Bertz CT molecular complexity index is 1020. The topological polar surface area (TPSA) is 80.8 Å². The molecular formula is C20H19N3O4S2. The number of fused-ring (bicyclic) bond motifs is 1. The molecule has 2 amide bonds. The molecule has 0 saturated carbocycles. The number of carbonyl (C=O) groups is 2. The summed E-state index contributed by atoms with van der Waals surface area (Å²) in [7, 11) is 1.59. The van der Waals surface area contributed by atoms with Gasteiger partial charge in [-0.25, -0.2) is 4.98 Å². The lowest BCUT2D eigenvalue weighted by Gasteiger charge is -2.26. The second kappa shape index (κ2) is 8.62. The number of aromatic nitrogens is 1. The van der Waals surface area contributed by atoms with Crippen molar-refractivity contribution in [1.29, 1.82) is 0 Å². The summed E-state index contributed by atoms with van der Waals surface area (Å²) in [6.07, 6.45) is 0.658. The number of hydrogen-bond donors (Lipinski definition) is 1. The van der Waals surface area contributed by atoms with Crippen LogP contribution in [0.4, 0.5) is 5.13 Å². The highest BCUT2D eigenvalue weighted by Crippen LogP contribution is 2.29. The van der Waals surface area contributed by atoms with Crippen molar-refractivity contribution in [2.75, 3.05) is 25.6 Å². The molecule has 1 N–H and O–H groups in total. The first-order chi connectivity index (χ1) is 14.1. The number of amides is 2. The van der Waals surface area contributed by atoms with Crippen LogP contribution in [-0.4, -0.2) is 42.0 Å². The number of methoxy groups -OCH3 is 1. The fraction of sp³-hybridized carbons (Fsp3) is 0.250. The Balaban J connectivity index is 1.35. The minimum absolute atomic E-state index is 0.0386. The monoisotopic (exact) mass is 429 g/mol. The van der Waals surface area contributed by atoms with Gasteiger partial charge < -0.3 is 14.4 Å². The molecule has 3 aromatic rings. The Morgan fingerprint density at radius 1 is 1.28 bits per heavy atom. The third-order valence-corrected chi connectivity index (χ3v) is 6.17. The van der Waals surface area contributed by atoms with Crippen molar-refractivity contribution in [3.63, 3.8) is 0 Å². The number of anilines is 1. The lowest BCUT2D eigenvalue weighted by molar-refractivity contribution is -0.134. The molecule has 9 heteroatoms. The summed E-state index contributed by atoms with van der Waals surface area (Å²) >= 11 is 2.88. The lowest BCUT2D eigenvalue weighted by Crippen LogP contribution is -2.38. The first-order valence-corrected chi connectivity index (χ1v) is 10.7. The zero-order chi connectivity index (χ0) is 20.2. The predicted octanol–water partition coefficient (Wildman–Crippen LogP) is 3.43. The molecule has 0 fully saturated rings. The summed E-state index contributed by atoms with van der Waals surface area (Å²) in [6, 6.07) is 8.94. The van der Waals surface area contributed by atoms with Crippen LogP contribution in [0.15, 0.2) is 41.1 Å². The quantitative estimate of drug-likeness (QED) is 0.649. The molecule has 29 heavy (non-hydrogen) atoms. The van der Waals surface area contributed by atoms with E-state index in [1.165, 1.54) is 22.7 Å². The number of benzene rings is 1. The van der Waals surface area contributed by atoms with Gasteiger partial charge in [-0.15, -0.1) is 0 Å². The van der Waals surface area contributed by atoms with Crippen molar-refractivity contribution in [2.24, 2.45) is 0 Å². The number of nitrogens with zero attached hydrogens (tertiary/aromatic N) is 2. The highest BCUT2D eigenvalue weighted by Gasteiger charge is 2.25. The average molecular weight is 430 g/mol. The summed E-state index contributed by atoms with van der Waals surface area (Å²) in [5, 5.41) is 7.06. The Kier molecular flexibility index (Phi) is 5.77. The average Bonchev–Trinajstić information content (AvgIpc) is 3.41. The van der Waals surface area contributed by atoms with Crippen LogP contribution in [0.3, 0.4) is 0 Å². The smallest absolute Gasteiger partial charge is 0.260 e. The SMILES string of the molecule is COc1cccc(OCC(=O)N2CCc3nc(NC(=O)c4ccsc4)sc3C2)c1. The number of nitrogens with one attached hydrogen (secondary N) is 1. The summed E-state index contributed by atoms with van der Waals surface area (Å²) in [5.74, 6) is 1.01. The van der Waals surface area contributed by atoms with E-state index in [0.29, 0.717) is 41.7 Å². The standard InChI is InChI=1S/C20H19N3O4S2/c1-26-14-3-2-4-15(9-14)27-11-18(24)23-7-5-16-17(10-23)29-20(21-16)22-19(25)13-6-8-28-12-13/h2-4,6,8-9,12H,5,7,10-11H2,1H3,(H,21,22,25). The molecule has 1 aliphatic heterocycles. The third-order valence-electron chi connectivity index (χ3n) is 4.49. The minimum Gasteiger partial charge on any atom is -0.497 e. The first-order valence-electron chi connectivity index (χ1n) is 8.99. The van der Waals surface area contributed by atoms with Gasteiger partial charge in [0.15, 0.2) is 11.7 Å². The van der Waals surface area contributed by atoms with Gasteiger partial charge in [-0.05, 0) is 23.6 Å². The lowest BCUT2D eigenvalue weighted by atomic mass is 10.2. The Labute approximate surface area is 175 Å². The van der Waals surface area contributed by atoms with Crippen molar-refractivity contribution in [3.8, 4) is 11.5 Å². The summed E-state index contributed by atoms with van der Waals surface area (Å²) in [6.45, 7) is 1.01. The number of thiophene rings is 1. The second-order valence-corrected chi connectivity index (χ2v) is 8.25. The predicted molar refractivity (Wildman–Crippen MR) is 112 cm³/mol. The fourth-order valence-electron chi connectivity index (χ4n) is 2.95. The zero-order valence-electron chi connectivity index (χ0n) is 15.7. The highest BCUT2D eigenvalue weighted by atomic mass is 32.1. The molecule has 0 radical (unpaired) electrons. The molecule has 0 unspecified atom stereocenters. The van der Waals surface area contributed by atoms with E-state index < -0.39 is 0 Å².